The summed E-state index contributed by atoms with van der Waals surface area (Å²) in [6.07, 6.45) is -0.893. The van der Waals surface area contributed by atoms with Crippen molar-refractivity contribution in [3.63, 3.8) is 0 Å². The molecule has 3 heterocycles. The maximum absolute atomic E-state index is 13.3. The monoisotopic (exact) mass is 424 g/mol. The molecule has 9 heteroatoms. The summed E-state index contributed by atoms with van der Waals surface area (Å²) in [5, 5.41) is 1.45. The average molecular weight is 424 g/mol. The van der Waals surface area contributed by atoms with Gasteiger partial charge in [-0.15, -0.1) is 0 Å². The van der Waals surface area contributed by atoms with Crippen molar-refractivity contribution < 1.29 is 22.8 Å². The normalized spacial score (nSPS) is 14.9. The largest absolute Gasteiger partial charge is 0.416 e. The van der Waals surface area contributed by atoms with E-state index in [-0.39, 0.29) is 42.7 Å². The molecule has 0 aliphatic carbocycles. The van der Waals surface area contributed by atoms with Crippen molar-refractivity contribution in [1.82, 2.24) is 14.5 Å². The second-order valence-corrected chi connectivity index (χ2v) is 7.32. The molecule has 5 rings (SSSR count). The molecule has 0 atom stereocenters. The molecule has 2 amide bonds. The van der Waals surface area contributed by atoms with Gasteiger partial charge in [0.1, 0.15) is 0 Å². The Hall–Kier alpha value is -3.75. The minimum atomic E-state index is -4.43. The fourth-order valence-electron chi connectivity index (χ4n) is 3.94. The van der Waals surface area contributed by atoms with E-state index in [1.807, 2.05) is 0 Å². The summed E-state index contributed by atoms with van der Waals surface area (Å²) in [5.74, 6) is -0.627. The first kappa shape index (κ1) is 19.2. The molecule has 4 aromatic rings. The lowest BCUT2D eigenvalue weighted by Gasteiger charge is -2.14. The number of hydrogen-bond acceptors (Lipinski definition) is 4. The zero-order chi connectivity index (χ0) is 21.8. The van der Waals surface area contributed by atoms with Crippen LogP contribution in [0.3, 0.4) is 0 Å². The Morgan fingerprint density at radius 3 is 2.42 bits per heavy atom. The van der Waals surface area contributed by atoms with E-state index in [1.165, 1.54) is 18.3 Å². The predicted octanol–water partition coefficient (Wildman–Crippen LogP) is 4.31. The zero-order valence-electron chi connectivity index (χ0n) is 16.1. The van der Waals surface area contributed by atoms with Crippen LogP contribution in [0.1, 0.15) is 24.0 Å². The third-order valence-corrected chi connectivity index (χ3v) is 5.42. The Labute approximate surface area is 173 Å². The number of halogens is 3. The number of benzene rings is 2. The van der Waals surface area contributed by atoms with Crippen molar-refractivity contribution in [3.8, 4) is 0 Å². The van der Waals surface area contributed by atoms with Crippen LogP contribution in [0.4, 0.5) is 19.1 Å². The molecule has 0 spiro atoms. The molecule has 1 aliphatic rings. The number of amides is 2. The Morgan fingerprint density at radius 2 is 1.68 bits per heavy atom. The van der Waals surface area contributed by atoms with E-state index in [0.29, 0.717) is 10.9 Å². The maximum Gasteiger partial charge on any atom is 0.416 e. The van der Waals surface area contributed by atoms with Gasteiger partial charge in [0.25, 0.3) is 0 Å². The number of imide groups is 1. The summed E-state index contributed by atoms with van der Waals surface area (Å²) in [5.41, 5.74) is 0.781. The second kappa shape index (κ2) is 6.90. The van der Waals surface area contributed by atoms with E-state index < -0.39 is 11.7 Å². The molecule has 0 saturated carbocycles. The molecule has 0 N–H and O–H groups in total. The quantitative estimate of drug-likeness (QED) is 0.460. The van der Waals surface area contributed by atoms with Gasteiger partial charge in [0, 0.05) is 48.1 Å². The van der Waals surface area contributed by atoms with Gasteiger partial charge in [-0.1, -0.05) is 18.2 Å². The van der Waals surface area contributed by atoms with Gasteiger partial charge in [0.05, 0.1) is 11.1 Å². The molecule has 31 heavy (non-hydrogen) atoms. The molecular weight excluding hydrogens is 409 g/mol. The zero-order valence-corrected chi connectivity index (χ0v) is 16.1. The number of anilines is 1. The van der Waals surface area contributed by atoms with Crippen molar-refractivity contribution in [1.29, 1.82) is 0 Å². The minimum absolute atomic E-state index is 0.0397. The first-order valence-corrected chi connectivity index (χ1v) is 9.58. The number of aromatic nitrogens is 3. The van der Waals surface area contributed by atoms with E-state index in [2.05, 4.69) is 9.97 Å². The summed E-state index contributed by atoms with van der Waals surface area (Å²) >= 11 is 0. The Balaban J connectivity index is 1.56. The standard InChI is InChI=1S/C22H15F3N4O2/c23-22(24,25)16-4-2-1-3-13(16)12-28-10-9-14-15-11-26-21(27-17(15)5-6-18(14)28)29-19(30)7-8-20(29)31/h1-6,9-11H,7-8,12H2. The van der Waals surface area contributed by atoms with Crippen molar-refractivity contribution in [3.05, 3.63) is 66.0 Å². The van der Waals surface area contributed by atoms with Crippen LogP contribution in [0.25, 0.3) is 21.8 Å². The lowest BCUT2D eigenvalue weighted by Crippen LogP contribution is -2.30. The highest BCUT2D eigenvalue weighted by atomic mass is 19.4. The van der Waals surface area contributed by atoms with Crippen LogP contribution in [0.5, 0.6) is 0 Å². The van der Waals surface area contributed by atoms with Crippen LogP contribution >= 0.6 is 0 Å². The minimum Gasteiger partial charge on any atom is -0.343 e. The average Bonchev–Trinajstić information content (AvgIpc) is 3.30. The summed E-state index contributed by atoms with van der Waals surface area (Å²) in [7, 11) is 0. The predicted molar refractivity (Wildman–Crippen MR) is 107 cm³/mol. The summed E-state index contributed by atoms with van der Waals surface area (Å²) in [6, 6.07) is 10.8. The van der Waals surface area contributed by atoms with E-state index in [1.54, 1.807) is 35.0 Å². The maximum atomic E-state index is 13.3. The topological polar surface area (TPSA) is 68.1 Å². The molecule has 2 aromatic heterocycles. The smallest absolute Gasteiger partial charge is 0.343 e. The number of carbonyl (C=O) groups is 2. The van der Waals surface area contributed by atoms with Gasteiger partial charge in [0.2, 0.25) is 17.8 Å². The summed E-state index contributed by atoms with van der Waals surface area (Å²) in [4.78, 5) is 33.4. The van der Waals surface area contributed by atoms with Gasteiger partial charge in [-0.05, 0) is 29.8 Å². The van der Waals surface area contributed by atoms with Crippen molar-refractivity contribution in [2.75, 3.05) is 4.90 Å². The lowest BCUT2D eigenvalue weighted by atomic mass is 10.1. The van der Waals surface area contributed by atoms with Gasteiger partial charge in [-0.3, -0.25) is 9.59 Å². The Morgan fingerprint density at radius 1 is 0.935 bits per heavy atom. The van der Waals surface area contributed by atoms with Crippen LogP contribution in [0.2, 0.25) is 0 Å². The first-order valence-electron chi connectivity index (χ1n) is 9.58. The van der Waals surface area contributed by atoms with Gasteiger partial charge >= 0.3 is 6.18 Å². The molecule has 156 valence electrons. The molecule has 1 saturated heterocycles. The van der Waals surface area contributed by atoms with Crippen LogP contribution in [-0.4, -0.2) is 26.3 Å². The second-order valence-electron chi connectivity index (χ2n) is 7.32. The SMILES string of the molecule is O=C1CCC(=O)N1c1ncc2c(ccc3c2ccn3Cc2ccccc2C(F)(F)F)n1. The van der Waals surface area contributed by atoms with E-state index in [4.69, 9.17) is 0 Å². The fourth-order valence-corrected chi connectivity index (χ4v) is 3.94. The Kier molecular flexibility index (Phi) is 4.28. The van der Waals surface area contributed by atoms with Crippen LogP contribution in [0, 0.1) is 0 Å². The highest BCUT2D eigenvalue weighted by Crippen LogP contribution is 2.33. The molecule has 2 aromatic carbocycles. The highest BCUT2D eigenvalue weighted by Gasteiger charge is 2.33. The fraction of sp³-hybridized carbons (Fsp3) is 0.182. The lowest BCUT2D eigenvalue weighted by molar-refractivity contribution is -0.138. The molecule has 1 aliphatic heterocycles. The number of carbonyl (C=O) groups excluding carboxylic acids is 2. The summed E-state index contributed by atoms with van der Waals surface area (Å²) in [6.45, 7) is 0.0560. The van der Waals surface area contributed by atoms with Crippen LogP contribution < -0.4 is 4.90 Å². The third kappa shape index (κ3) is 3.22. The van der Waals surface area contributed by atoms with Crippen LogP contribution in [-0.2, 0) is 22.3 Å². The van der Waals surface area contributed by atoms with Gasteiger partial charge in [-0.25, -0.2) is 14.9 Å². The molecule has 0 radical (unpaired) electrons. The number of alkyl halides is 3. The van der Waals surface area contributed by atoms with Gasteiger partial charge in [0.15, 0.2) is 0 Å². The van der Waals surface area contributed by atoms with E-state index in [9.17, 15) is 22.8 Å². The number of rotatable bonds is 3. The van der Waals surface area contributed by atoms with Crippen molar-refractivity contribution in [2.45, 2.75) is 25.6 Å². The number of nitrogens with zero attached hydrogens (tertiary/aromatic N) is 4. The molecule has 1 fully saturated rings. The summed E-state index contributed by atoms with van der Waals surface area (Å²) < 4.78 is 41.8. The van der Waals surface area contributed by atoms with Gasteiger partial charge < -0.3 is 4.57 Å². The first-order chi connectivity index (χ1) is 14.8. The van der Waals surface area contributed by atoms with Gasteiger partial charge in [-0.2, -0.15) is 13.2 Å². The van der Waals surface area contributed by atoms with Crippen molar-refractivity contribution >= 4 is 39.6 Å². The molecule has 6 nitrogen and oxygen atoms in total. The molecular formula is C22H15F3N4O2. The van der Waals surface area contributed by atoms with E-state index in [0.717, 1.165) is 21.9 Å². The van der Waals surface area contributed by atoms with E-state index >= 15 is 0 Å². The number of hydrogen-bond donors (Lipinski definition) is 0. The van der Waals surface area contributed by atoms with Crippen molar-refractivity contribution in [2.24, 2.45) is 0 Å². The molecule has 0 bridgehead atoms. The Bertz CT molecular complexity index is 1340. The third-order valence-electron chi connectivity index (χ3n) is 5.42. The number of fused-ring (bicyclic) bond motifs is 3. The molecule has 0 unspecified atom stereocenters. The van der Waals surface area contributed by atoms with Crippen LogP contribution in [0.15, 0.2) is 54.9 Å². The highest BCUT2D eigenvalue weighted by molar-refractivity contribution is 6.19.